The lowest BCUT2D eigenvalue weighted by Gasteiger charge is -2.15. The average Bonchev–Trinajstić information content (AvgIpc) is 2.84. The van der Waals surface area contributed by atoms with E-state index in [4.69, 9.17) is 5.26 Å². The summed E-state index contributed by atoms with van der Waals surface area (Å²) >= 11 is 0. The van der Waals surface area contributed by atoms with Crippen molar-refractivity contribution >= 4 is 32.6 Å². The molecule has 1 saturated heterocycles. The number of amides is 1. The van der Waals surface area contributed by atoms with Crippen molar-refractivity contribution in [1.29, 1.82) is 5.26 Å². The number of carbonyl (C=O) groups is 1. The maximum atomic E-state index is 11.9. The monoisotopic (exact) mass is 343 g/mol. The first-order valence-corrected chi connectivity index (χ1v) is 9.09. The molecule has 1 atom stereocenters. The van der Waals surface area contributed by atoms with Gasteiger partial charge < -0.3 is 0 Å². The highest BCUT2D eigenvalue weighted by atomic mass is 32.2. The largest absolute Gasteiger partial charge is 0.326 e. The van der Waals surface area contributed by atoms with Crippen LogP contribution in [0, 0.1) is 17.2 Å². The molecule has 0 saturated carbocycles. The number of fused-ring (bicyclic) bond motifs is 1. The standard InChI is InChI=1S/C17H17N3O3S/c1-12(10-18)2-3-13-4-5-14-6-7-16(9-15(14)8-13)20-11-17(21)19-24(20,22)23/h4-9,12H,2-3,11H2,1H3,(H,19,21). The number of anilines is 1. The smallest absolute Gasteiger partial charge is 0.272 e. The lowest BCUT2D eigenvalue weighted by atomic mass is 9.99. The number of nitrogens with one attached hydrogen (secondary N) is 1. The minimum atomic E-state index is -3.80. The lowest BCUT2D eigenvalue weighted by Crippen LogP contribution is -2.29. The highest BCUT2D eigenvalue weighted by Crippen LogP contribution is 2.26. The van der Waals surface area contributed by atoms with Crippen LogP contribution in [0.15, 0.2) is 36.4 Å². The molecule has 124 valence electrons. The predicted octanol–water partition coefficient (Wildman–Crippen LogP) is 2.11. The molecule has 6 nitrogen and oxygen atoms in total. The van der Waals surface area contributed by atoms with Gasteiger partial charge in [-0.25, -0.2) is 9.03 Å². The van der Waals surface area contributed by atoms with E-state index in [2.05, 4.69) is 6.07 Å². The fraction of sp³-hybridized carbons (Fsp3) is 0.294. The summed E-state index contributed by atoms with van der Waals surface area (Å²) in [4.78, 5) is 11.4. The summed E-state index contributed by atoms with van der Waals surface area (Å²) < 4.78 is 26.9. The molecule has 1 heterocycles. The van der Waals surface area contributed by atoms with E-state index in [1.165, 1.54) is 0 Å². The third-order valence-electron chi connectivity index (χ3n) is 4.08. The van der Waals surface area contributed by atoms with Crippen LogP contribution in [-0.4, -0.2) is 20.9 Å². The van der Waals surface area contributed by atoms with Crippen molar-refractivity contribution in [1.82, 2.24) is 4.72 Å². The number of rotatable bonds is 4. The zero-order valence-corrected chi connectivity index (χ0v) is 14.0. The van der Waals surface area contributed by atoms with Gasteiger partial charge in [-0.2, -0.15) is 13.7 Å². The fourth-order valence-corrected chi connectivity index (χ4v) is 3.86. The Morgan fingerprint density at radius 1 is 1.25 bits per heavy atom. The molecular weight excluding hydrogens is 326 g/mol. The van der Waals surface area contributed by atoms with Crippen molar-refractivity contribution in [2.24, 2.45) is 5.92 Å². The van der Waals surface area contributed by atoms with E-state index in [1.54, 1.807) is 12.1 Å². The number of aryl methyl sites for hydroxylation is 1. The van der Waals surface area contributed by atoms with Crippen LogP contribution < -0.4 is 9.03 Å². The van der Waals surface area contributed by atoms with Gasteiger partial charge in [0.1, 0.15) is 6.54 Å². The van der Waals surface area contributed by atoms with Gasteiger partial charge in [-0.3, -0.25) is 4.79 Å². The number of carbonyl (C=O) groups excluding carboxylic acids is 1. The highest BCUT2D eigenvalue weighted by molar-refractivity contribution is 7.92. The molecule has 0 aliphatic carbocycles. The number of nitriles is 1. The molecule has 2 aromatic carbocycles. The van der Waals surface area contributed by atoms with Crippen molar-refractivity contribution in [3.05, 3.63) is 42.0 Å². The van der Waals surface area contributed by atoms with E-state index in [1.807, 2.05) is 35.9 Å². The fourth-order valence-electron chi connectivity index (χ4n) is 2.72. The zero-order chi connectivity index (χ0) is 17.3. The van der Waals surface area contributed by atoms with E-state index in [0.29, 0.717) is 5.69 Å². The number of nitrogens with zero attached hydrogens (tertiary/aromatic N) is 2. The second-order valence-corrected chi connectivity index (χ2v) is 7.57. The van der Waals surface area contributed by atoms with E-state index in [0.717, 1.165) is 33.5 Å². The van der Waals surface area contributed by atoms with Gasteiger partial charge in [-0.15, -0.1) is 0 Å². The molecule has 0 radical (unpaired) electrons. The third kappa shape index (κ3) is 3.19. The van der Waals surface area contributed by atoms with Gasteiger partial charge in [0.2, 0.25) is 0 Å². The molecule has 1 aliphatic heterocycles. The molecule has 0 aromatic heterocycles. The van der Waals surface area contributed by atoms with Crippen LogP contribution >= 0.6 is 0 Å². The summed E-state index contributed by atoms with van der Waals surface area (Å²) in [7, 11) is -3.80. The Morgan fingerprint density at radius 3 is 2.67 bits per heavy atom. The van der Waals surface area contributed by atoms with Crippen molar-refractivity contribution in [2.75, 3.05) is 10.8 Å². The van der Waals surface area contributed by atoms with Gasteiger partial charge >= 0.3 is 10.2 Å². The van der Waals surface area contributed by atoms with Crippen molar-refractivity contribution < 1.29 is 13.2 Å². The number of hydrogen-bond donors (Lipinski definition) is 1. The topological polar surface area (TPSA) is 90.3 Å². The van der Waals surface area contributed by atoms with Gasteiger partial charge in [-0.1, -0.05) is 24.3 Å². The van der Waals surface area contributed by atoms with Gasteiger partial charge in [-0.05, 0) is 48.2 Å². The van der Waals surface area contributed by atoms with Gasteiger partial charge in [0, 0.05) is 5.92 Å². The number of benzene rings is 2. The van der Waals surface area contributed by atoms with Crippen LogP contribution in [0.3, 0.4) is 0 Å². The first-order chi connectivity index (χ1) is 11.4. The van der Waals surface area contributed by atoms with Crippen LogP contribution in [0.2, 0.25) is 0 Å². The molecule has 1 N–H and O–H groups in total. The third-order valence-corrected chi connectivity index (χ3v) is 5.49. The normalized spacial score (nSPS) is 17.5. The predicted molar refractivity (Wildman–Crippen MR) is 91.5 cm³/mol. The maximum absolute atomic E-state index is 11.9. The summed E-state index contributed by atoms with van der Waals surface area (Å²) in [6.45, 7) is 1.69. The summed E-state index contributed by atoms with van der Waals surface area (Å²) in [5, 5.41) is 10.8. The Hall–Kier alpha value is -2.59. The first-order valence-electron chi connectivity index (χ1n) is 7.65. The molecule has 1 aliphatic rings. The molecule has 1 unspecified atom stereocenters. The van der Waals surface area contributed by atoms with Crippen molar-refractivity contribution in [3.8, 4) is 6.07 Å². The second kappa shape index (κ2) is 6.13. The van der Waals surface area contributed by atoms with E-state index < -0.39 is 16.1 Å². The summed E-state index contributed by atoms with van der Waals surface area (Å²) in [6, 6.07) is 13.5. The van der Waals surface area contributed by atoms with Gasteiger partial charge in [0.15, 0.2) is 0 Å². The molecule has 0 spiro atoms. The first kappa shape index (κ1) is 16.3. The quantitative estimate of drug-likeness (QED) is 0.920. The number of hydrogen-bond acceptors (Lipinski definition) is 4. The Labute approximate surface area is 140 Å². The van der Waals surface area contributed by atoms with E-state index in [9.17, 15) is 13.2 Å². The van der Waals surface area contributed by atoms with E-state index in [-0.39, 0.29) is 12.5 Å². The molecule has 1 fully saturated rings. The zero-order valence-electron chi connectivity index (χ0n) is 13.2. The molecule has 2 aromatic rings. The van der Waals surface area contributed by atoms with Crippen LogP contribution in [0.25, 0.3) is 10.8 Å². The SMILES string of the molecule is CC(C#N)CCc1ccc2ccc(N3CC(=O)NS3(=O)=O)cc2c1. The minimum absolute atomic E-state index is 0.00105. The minimum Gasteiger partial charge on any atom is -0.272 e. The Morgan fingerprint density at radius 2 is 2.00 bits per heavy atom. The van der Waals surface area contributed by atoms with Crippen LogP contribution in [0.4, 0.5) is 5.69 Å². The molecule has 3 rings (SSSR count). The van der Waals surface area contributed by atoms with Crippen molar-refractivity contribution in [3.63, 3.8) is 0 Å². The molecular formula is C17H17N3O3S. The van der Waals surface area contributed by atoms with Gasteiger partial charge in [0.25, 0.3) is 5.91 Å². The molecule has 1 amide bonds. The maximum Gasteiger partial charge on any atom is 0.326 e. The van der Waals surface area contributed by atoms with Crippen LogP contribution in [0.1, 0.15) is 18.9 Å². The Kier molecular flexibility index (Phi) is 4.16. The average molecular weight is 343 g/mol. The van der Waals surface area contributed by atoms with E-state index >= 15 is 0 Å². The highest BCUT2D eigenvalue weighted by Gasteiger charge is 2.33. The van der Waals surface area contributed by atoms with Crippen LogP contribution in [0.5, 0.6) is 0 Å². The van der Waals surface area contributed by atoms with Crippen molar-refractivity contribution in [2.45, 2.75) is 19.8 Å². The molecule has 7 heteroatoms. The Balaban J connectivity index is 1.92. The van der Waals surface area contributed by atoms with Gasteiger partial charge in [0.05, 0.1) is 11.8 Å². The summed E-state index contributed by atoms with van der Waals surface area (Å²) in [6.07, 6.45) is 1.57. The Bertz CT molecular complexity index is 947. The summed E-state index contributed by atoms with van der Waals surface area (Å²) in [5.74, 6) is -0.534. The van der Waals surface area contributed by atoms with Crippen LogP contribution in [-0.2, 0) is 21.4 Å². The molecule has 0 bridgehead atoms. The summed E-state index contributed by atoms with van der Waals surface area (Å²) in [5.41, 5.74) is 1.56. The second-order valence-electron chi connectivity index (χ2n) is 5.97. The lowest BCUT2D eigenvalue weighted by molar-refractivity contribution is -0.117. The molecule has 24 heavy (non-hydrogen) atoms.